The fourth-order valence-electron chi connectivity index (χ4n) is 2.16. The van der Waals surface area contributed by atoms with Crippen LogP contribution in [0.4, 0.5) is 5.69 Å². The molecule has 7 heteroatoms. The second-order valence-electron chi connectivity index (χ2n) is 5.22. The van der Waals surface area contributed by atoms with E-state index in [0.29, 0.717) is 6.54 Å². The first kappa shape index (κ1) is 16.8. The zero-order valence-corrected chi connectivity index (χ0v) is 14.1. The number of hydrogen-bond donors (Lipinski definition) is 3. The summed E-state index contributed by atoms with van der Waals surface area (Å²) in [7, 11) is 0. The summed E-state index contributed by atoms with van der Waals surface area (Å²) < 4.78 is 6.39. The van der Waals surface area contributed by atoms with Crippen molar-refractivity contribution in [2.45, 2.75) is 25.9 Å². The lowest BCUT2D eigenvalue weighted by molar-refractivity contribution is -0.114. The van der Waals surface area contributed by atoms with Gasteiger partial charge in [0.15, 0.2) is 5.96 Å². The van der Waals surface area contributed by atoms with Crippen LogP contribution in [0.2, 0.25) is 0 Å². The van der Waals surface area contributed by atoms with Gasteiger partial charge in [0.05, 0.1) is 6.10 Å². The van der Waals surface area contributed by atoms with Gasteiger partial charge in [-0.15, -0.1) is 0 Å². The highest BCUT2D eigenvalue weighted by Crippen LogP contribution is 2.20. The number of carbonyl (C=O) groups excluding carboxylic acids is 1. The number of aryl methyl sites for hydroxylation is 1. The summed E-state index contributed by atoms with van der Waals surface area (Å²) in [6, 6.07) is 5.71. The van der Waals surface area contributed by atoms with Crippen LogP contribution in [-0.4, -0.2) is 37.7 Å². The number of nitrogens with two attached hydrogens (primary N) is 1. The van der Waals surface area contributed by atoms with E-state index in [1.54, 1.807) is 0 Å². The monoisotopic (exact) mass is 368 g/mol. The van der Waals surface area contributed by atoms with Crippen molar-refractivity contribution in [3.8, 4) is 0 Å². The molecule has 1 heterocycles. The van der Waals surface area contributed by atoms with Gasteiger partial charge in [-0.1, -0.05) is 22.0 Å². The van der Waals surface area contributed by atoms with Crippen LogP contribution < -0.4 is 16.4 Å². The molecule has 6 nitrogen and oxygen atoms in total. The molecule has 0 aromatic heterocycles. The number of rotatable bonds is 5. The van der Waals surface area contributed by atoms with E-state index < -0.39 is 0 Å². The molecular weight excluding hydrogens is 348 g/mol. The van der Waals surface area contributed by atoms with Gasteiger partial charge in [-0.05, 0) is 37.5 Å². The minimum Gasteiger partial charge on any atom is -0.376 e. The van der Waals surface area contributed by atoms with Crippen molar-refractivity contribution in [3.63, 3.8) is 0 Å². The first-order chi connectivity index (χ1) is 10.5. The minimum absolute atomic E-state index is 0.0175. The van der Waals surface area contributed by atoms with E-state index in [1.807, 2.05) is 25.1 Å². The van der Waals surface area contributed by atoms with Crippen molar-refractivity contribution < 1.29 is 9.53 Å². The van der Waals surface area contributed by atoms with E-state index >= 15 is 0 Å². The largest absolute Gasteiger partial charge is 0.376 e. The lowest BCUT2D eigenvalue weighted by atomic mass is 10.2. The number of ether oxygens (including phenoxy) is 1. The van der Waals surface area contributed by atoms with Gasteiger partial charge >= 0.3 is 0 Å². The highest BCUT2D eigenvalue weighted by molar-refractivity contribution is 9.10. The summed E-state index contributed by atoms with van der Waals surface area (Å²) in [5, 5.41) is 5.80. The predicted molar refractivity (Wildman–Crippen MR) is 91.0 cm³/mol. The Balaban J connectivity index is 1.78. The number of amides is 1. The molecule has 0 aliphatic carbocycles. The molecular formula is C15H21BrN4O2. The number of carbonyl (C=O) groups is 1. The number of nitrogens with one attached hydrogen (secondary N) is 2. The Morgan fingerprint density at radius 1 is 1.55 bits per heavy atom. The maximum atomic E-state index is 11.9. The van der Waals surface area contributed by atoms with Crippen molar-refractivity contribution >= 4 is 33.5 Å². The summed E-state index contributed by atoms with van der Waals surface area (Å²) >= 11 is 3.38. The van der Waals surface area contributed by atoms with Gasteiger partial charge in [-0.2, -0.15) is 0 Å². The molecule has 1 unspecified atom stereocenters. The smallest absolute Gasteiger partial charge is 0.246 e. The number of anilines is 1. The molecule has 1 fully saturated rings. The average Bonchev–Trinajstić information content (AvgIpc) is 3.00. The van der Waals surface area contributed by atoms with Crippen molar-refractivity contribution in [1.29, 1.82) is 0 Å². The van der Waals surface area contributed by atoms with E-state index in [0.717, 1.165) is 35.2 Å². The fraction of sp³-hybridized carbons (Fsp3) is 0.467. The second-order valence-corrected chi connectivity index (χ2v) is 6.14. The summed E-state index contributed by atoms with van der Waals surface area (Å²) in [6.45, 7) is 3.35. The fourth-order valence-corrected chi connectivity index (χ4v) is 2.52. The molecule has 1 atom stereocenters. The molecule has 2 rings (SSSR count). The Kier molecular flexibility index (Phi) is 6.21. The lowest BCUT2D eigenvalue weighted by Crippen LogP contribution is -2.37. The quantitative estimate of drug-likeness (QED) is 0.545. The topological polar surface area (TPSA) is 88.7 Å². The number of benzene rings is 1. The molecule has 1 amide bonds. The minimum atomic E-state index is -0.205. The van der Waals surface area contributed by atoms with Gasteiger partial charge < -0.3 is 21.1 Å². The maximum absolute atomic E-state index is 11.9. The number of aliphatic imine (C=N–C) groups is 1. The first-order valence-corrected chi connectivity index (χ1v) is 8.05. The molecule has 0 bridgehead atoms. The van der Waals surface area contributed by atoms with Gasteiger partial charge in [0.25, 0.3) is 0 Å². The van der Waals surface area contributed by atoms with Crippen LogP contribution in [0.5, 0.6) is 0 Å². The molecule has 1 aromatic carbocycles. The third kappa shape index (κ3) is 5.31. The third-order valence-corrected chi connectivity index (χ3v) is 3.89. The Labute approximate surface area is 138 Å². The molecule has 1 aromatic rings. The van der Waals surface area contributed by atoms with E-state index in [2.05, 4.69) is 31.6 Å². The molecule has 22 heavy (non-hydrogen) atoms. The van der Waals surface area contributed by atoms with Crippen LogP contribution in [0, 0.1) is 6.92 Å². The molecule has 0 saturated carbocycles. The van der Waals surface area contributed by atoms with Crippen molar-refractivity contribution in [2.24, 2.45) is 10.7 Å². The molecule has 1 aliphatic rings. The highest BCUT2D eigenvalue weighted by atomic mass is 79.9. The Morgan fingerprint density at radius 3 is 3.09 bits per heavy atom. The third-order valence-electron chi connectivity index (χ3n) is 3.40. The van der Waals surface area contributed by atoms with Crippen molar-refractivity contribution in [1.82, 2.24) is 5.32 Å². The standard InChI is InChI=1S/C15H21BrN4O2/c1-10-4-5-11(16)7-13(10)20-14(21)9-19-15(17)18-8-12-3-2-6-22-12/h4-5,7,12H,2-3,6,8-9H2,1H3,(H,20,21)(H3,17,18,19). The van der Waals surface area contributed by atoms with E-state index in [1.165, 1.54) is 0 Å². The zero-order chi connectivity index (χ0) is 15.9. The molecule has 4 N–H and O–H groups in total. The summed E-state index contributed by atoms with van der Waals surface area (Å²) in [6.07, 6.45) is 2.30. The van der Waals surface area contributed by atoms with Gasteiger partial charge in [0, 0.05) is 23.3 Å². The lowest BCUT2D eigenvalue weighted by Gasteiger charge is -2.11. The van der Waals surface area contributed by atoms with Crippen molar-refractivity contribution in [2.75, 3.05) is 25.0 Å². The first-order valence-electron chi connectivity index (χ1n) is 7.26. The Morgan fingerprint density at radius 2 is 2.36 bits per heavy atom. The van der Waals surface area contributed by atoms with Crippen LogP contribution >= 0.6 is 15.9 Å². The molecule has 1 saturated heterocycles. The SMILES string of the molecule is Cc1ccc(Br)cc1NC(=O)CN=C(N)NCC1CCCO1. The van der Waals surface area contributed by atoms with Crippen LogP contribution in [-0.2, 0) is 9.53 Å². The predicted octanol–water partition coefficient (Wildman–Crippen LogP) is 1.78. The number of guanidine groups is 1. The van der Waals surface area contributed by atoms with Gasteiger partial charge in [0.1, 0.15) is 6.54 Å². The van der Waals surface area contributed by atoms with Crippen LogP contribution in [0.25, 0.3) is 0 Å². The van der Waals surface area contributed by atoms with Gasteiger partial charge in [0.2, 0.25) is 5.91 Å². The molecule has 0 radical (unpaired) electrons. The van der Waals surface area contributed by atoms with E-state index in [-0.39, 0.29) is 24.5 Å². The van der Waals surface area contributed by atoms with E-state index in [9.17, 15) is 4.79 Å². The average molecular weight is 369 g/mol. The van der Waals surface area contributed by atoms with Crippen molar-refractivity contribution in [3.05, 3.63) is 28.2 Å². The van der Waals surface area contributed by atoms with Crippen LogP contribution in [0.15, 0.2) is 27.7 Å². The van der Waals surface area contributed by atoms with E-state index in [4.69, 9.17) is 10.5 Å². The van der Waals surface area contributed by atoms with Gasteiger partial charge in [-0.3, -0.25) is 4.79 Å². The summed E-state index contributed by atoms with van der Waals surface area (Å²) in [4.78, 5) is 15.9. The van der Waals surface area contributed by atoms with Gasteiger partial charge in [-0.25, -0.2) is 4.99 Å². The summed E-state index contributed by atoms with van der Waals surface area (Å²) in [5.41, 5.74) is 7.50. The second kappa shape index (κ2) is 8.14. The number of nitrogens with zero attached hydrogens (tertiary/aromatic N) is 1. The van der Waals surface area contributed by atoms with Crippen LogP contribution in [0.3, 0.4) is 0 Å². The normalized spacial score (nSPS) is 18.3. The molecule has 0 spiro atoms. The van der Waals surface area contributed by atoms with Crippen LogP contribution in [0.1, 0.15) is 18.4 Å². The Hall–Kier alpha value is -1.60. The summed E-state index contributed by atoms with van der Waals surface area (Å²) in [5.74, 6) is 0.0553. The molecule has 120 valence electrons. The number of halogens is 1. The molecule has 1 aliphatic heterocycles. The zero-order valence-electron chi connectivity index (χ0n) is 12.6. The highest BCUT2D eigenvalue weighted by Gasteiger charge is 2.15. The number of hydrogen-bond acceptors (Lipinski definition) is 3. The Bertz CT molecular complexity index is 556. The maximum Gasteiger partial charge on any atom is 0.246 e.